The fourth-order valence-electron chi connectivity index (χ4n) is 2.29. The summed E-state index contributed by atoms with van der Waals surface area (Å²) in [5, 5.41) is 2.90. The lowest BCUT2D eigenvalue weighted by atomic mass is 10.1. The molecule has 5 nitrogen and oxygen atoms in total. The molecule has 0 aliphatic carbocycles. The van der Waals surface area contributed by atoms with E-state index in [1.807, 2.05) is 6.92 Å². The first kappa shape index (κ1) is 14.4. The van der Waals surface area contributed by atoms with Crippen molar-refractivity contribution in [3.05, 3.63) is 28.1 Å². The van der Waals surface area contributed by atoms with E-state index in [0.717, 1.165) is 19.3 Å². The SMILES string of the molecule is CC1CCCCN1S(=O)(=O)c1ccc(Cl)c(N=O)c1. The van der Waals surface area contributed by atoms with Gasteiger partial charge in [0.1, 0.15) is 5.69 Å². The summed E-state index contributed by atoms with van der Waals surface area (Å²) in [6.45, 7) is 2.40. The summed E-state index contributed by atoms with van der Waals surface area (Å²) in [7, 11) is -3.58. The highest BCUT2D eigenvalue weighted by Gasteiger charge is 2.31. The largest absolute Gasteiger partial charge is 0.243 e. The van der Waals surface area contributed by atoms with Gasteiger partial charge in [0.25, 0.3) is 0 Å². The van der Waals surface area contributed by atoms with Crippen molar-refractivity contribution in [3.8, 4) is 0 Å². The number of hydrogen-bond acceptors (Lipinski definition) is 4. The second kappa shape index (κ2) is 5.56. The molecule has 1 unspecified atom stereocenters. The molecule has 1 fully saturated rings. The maximum absolute atomic E-state index is 12.5. The molecule has 1 aliphatic rings. The number of piperidine rings is 1. The van der Waals surface area contributed by atoms with Crippen LogP contribution in [0, 0.1) is 4.91 Å². The molecule has 0 saturated carbocycles. The number of halogens is 1. The van der Waals surface area contributed by atoms with E-state index < -0.39 is 10.0 Å². The van der Waals surface area contributed by atoms with Gasteiger partial charge in [-0.1, -0.05) is 18.0 Å². The molecule has 1 heterocycles. The predicted octanol–water partition coefficient (Wildman–Crippen LogP) is 3.30. The molecule has 1 aromatic carbocycles. The lowest BCUT2D eigenvalue weighted by molar-refractivity contribution is 0.268. The maximum atomic E-state index is 12.5. The molecule has 0 bridgehead atoms. The fourth-order valence-corrected chi connectivity index (χ4v) is 4.16. The molecular formula is C12H15ClN2O3S. The van der Waals surface area contributed by atoms with Gasteiger partial charge in [-0.3, -0.25) is 0 Å². The Bertz CT molecular complexity index is 589. The van der Waals surface area contributed by atoms with Gasteiger partial charge in [0.2, 0.25) is 10.0 Å². The average Bonchev–Trinajstić information content (AvgIpc) is 2.39. The minimum Gasteiger partial charge on any atom is -0.207 e. The molecule has 7 heteroatoms. The number of benzene rings is 1. The predicted molar refractivity (Wildman–Crippen MR) is 74.1 cm³/mol. The zero-order valence-electron chi connectivity index (χ0n) is 10.5. The van der Waals surface area contributed by atoms with Gasteiger partial charge >= 0.3 is 0 Å². The average molecular weight is 303 g/mol. The number of hydrogen-bond donors (Lipinski definition) is 0. The van der Waals surface area contributed by atoms with E-state index in [1.165, 1.54) is 22.5 Å². The third-order valence-corrected chi connectivity index (χ3v) is 5.69. The van der Waals surface area contributed by atoms with Crippen molar-refractivity contribution in [1.29, 1.82) is 0 Å². The molecule has 1 atom stereocenters. The van der Waals surface area contributed by atoms with Crippen LogP contribution in [0.1, 0.15) is 26.2 Å². The number of rotatable bonds is 3. The lowest BCUT2D eigenvalue weighted by Crippen LogP contribution is -2.41. The van der Waals surface area contributed by atoms with E-state index in [4.69, 9.17) is 11.6 Å². The van der Waals surface area contributed by atoms with E-state index >= 15 is 0 Å². The Kier molecular flexibility index (Phi) is 4.23. The van der Waals surface area contributed by atoms with Crippen LogP contribution in [0.5, 0.6) is 0 Å². The van der Waals surface area contributed by atoms with Crippen LogP contribution in [-0.4, -0.2) is 25.3 Å². The Hall–Kier alpha value is -0.980. The van der Waals surface area contributed by atoms with Crippen molar-refractivity contribution < 1.29 is 8.42 Å². The van der Waals surface area contributed by atoms with Gasteiger partial charge in [-0.2, -0.15) is 4.31 Å². The molecule has 0 spiro atoms. The summed E-state index contributed by atoms with van der Waals surface area (Å²) < 4.78 is 26.5. The standard InChI is InChI=1S/C12H15ClN2O3S/c1-9-4-2-3-7-15(9)19(17,18)10-5-6-11(13)12(8-10)14-16/h5-6,8-9H,2-4,7H2,1H3. The van der Waals surface area contributed by atoms with Crippen LogP contribution < -0.4 is 0 Å². The smallest absolute Gasteiger partial charge is 0.207 e. The Morgan fingerprint density at radius 3 is 2.74 bits per heavy atom. The van der Waals surface area contributed by atoms with Gasteiger partial charge in [0, 0.05) is 12.6 Å². The van der Waals surface area contributed by atoms with Gasteiger partial charge in [-0.05, 0) is 43.1 Å². The topological polar surface area (TPSA) is 66.8 Å². The summed E-state index contributed by atoms with van der Waals surface area (Å²) in [6, 6.07) is 4.00. The van der Waals surface area contributed by atoms with Crippen molar-refractivity contribution >= 4 is 27.3 Å². The Labute approximate surface area is 117 Å². The van der Waals surface area contributed by atoms with Crippen molar-refractivity contribution in [2.75, 3.05) is 6.54 Å². The molecule has 0 amide bonds. The third-order valence-electron chi connectivity index (χ3n) is 3.36. The van der Waals surface area contributed by atoms with Crippen molar-refractivity contribution in [1.82, 2.24) is 4.31 Å². The van der Waals surface area contributed by atoms with E-state index in [-0.39, 0.29) is 21.6 Å². The highest BCUT2D eigenvalue weighted by atomic mass is 35.5. The summed E-state index contributed by atoms with van der Waals surface area (Å²) in [5.41, 5.74) is -0.0487. The summed E-state index contributed by atoms with van der Waals surface area (Å²) in [5.74, 6) is 0. The van der Waals surface area contributed by atoms with Crippen LogP contribution in [0.25, 0.3) is 0 Å². The molecule has 104 valence electrons. The molecule has 19 heavy (non-hydrogen) atoms. The molecule has 1 saturated heterocycles. The summed E-state index contributed by atoms with van der Waals surface area (Å²) in [6.07, 6.45) is 2.75. The zero-order valence-corrected chi connectivity index (χ0v) is 12.1. The zero-order chi connectivity index (χ0) is 14.0. The minimum absolute atomic E-state index is 0.0259. The van der Waals surface area contributed by atoms with Crippen LogP contribution in [0.4, 0.5) is 5.69 Å². The van der Waals surface area contributed by atoms with Crippen LogP contribution in [0.15, 0.2) is 28.3 Å². The second-order valence-electron chi connectivity index (χ2n) is 4.67. The van der Waals surface area contributed by atoms with E-state index in [1.54, 1.807) is 0 Å². The number of nitrogens with zero attached hydrogens (tertiary/aromatic N) is 2. The molecular weight excluding hydrogens is 288 g/mol. The molecule has 1 aliphatic heterocycles. The number of sulfonamides is 1. The first-order chi connectivity index (χ1) is 8.96. The highest BCUT2D eigenvalue weighted by Crippen LogP contribution is 2.31. The minimum atomic E-state index is -3.58. The molecule has 2 rings (SSSR count). The van der Waals surface area contributed by atoms with Gasteiger partial charge in [-0.15, -0.1) is 4.91 Å². The van der Waals surface area contributed by atoms with Gasteiger partial charge < -0.3 is 0 Å². The van der Waals surface area contributed by atoms with Gasteiger partial charge in [0.05, 0.1) is 9.92 Å². The lowest BCUT2D eigenvalue weighted by Gasteiger charge is -2.32. The summed E-state index contributed by atoms with van der Waals surface area (Å²) in [4.78, 5) is 10.7. The number of nitroso groups, excluding NO2 is 1. The maximum Gasteiger partial charge on any atom is 0.243 e. The quantitative estimate of drug-likeness (QED) is 0.805. The fraction of sp³-hybridized carbons (Fsp3) is 0.500. The summed E-state index contributed by atoms with van der Waals surface area (Å²) >= 11 is 5.76. The Balaban J connectivity index is 2.41. The Morgan fingerprint density at radius 2 is 2.11 bits per heavy atom. The third kappa shape index (κ3) is 2.80. The van der Waals surface area contributed by atoms with E-state index in [0.29, 0.717) is 6.54 Å². The first-order valence-corrected chi connectivity index (χ1v) is 7.93. The molecule has 0 aromatic heterocycles. The highest BCUT2D eigenvalue weighted by molar-refractivity contribution is 7.89. The monoisotopic (exact) mass is 302 g/mol. The van der Waals surface area contributed by atoms with Gasteiger partial charge in [-0.25, -0.2) is 8.42 Å². The van der Waals surface area contributed by atoms with E-state index in [2.05, 4.69) is 5.18 Å². The normalized spacial score (nSPS) is 21.3. The molecule has 0 radical (unpaired) electrons. The van der Waals surface area contributed by atoms with Crippen LogP contribution >= 0.6 is 11.6 Å². The van der Waals surface area contributed by atoms with Crippen molar-refractivity contribution in [2.24, 2.45) is 5.18 Å². The van der Waals surface area contributed by atoms with Crippen molar-refractivity contribution in [3.63, 3.8) is 0 Å². The van der Waals surface area contributed by atoms with E-state index in [9.17, 15) is 13.3 Å². The Morgan fingerprint density at radius 1 is 1.37 bits per heavy atom. The van der Waals surface area contributed by atoms with Crippen LogP contribution in [0.3, 0.4) is 0 Å². The van der Waals surface area contributed by atoms with Crippen LogP contribution in [-0.2, 0) is 10.0 Å². The van der Waals surface area contributed by atoms with Crippen LogP contribution in [0.2, 0.25) is 5.02 Å². The first-order valence-electron chi connectivity index (χ1n) is 6.11. The molecule has 0 N–H and O–H groups in total. The second-order valence-corrected chi connectivity index (χ2v) is 6.96. The van der Waals surface area contributed by atoms with Gasteiger partial charge in [0.15, 0.2) is 0 Å². The molecule has 1 aromatic rings. The van der Waals surface area contributed by atoms with Crippen molar-refractivity contribution in [2.45, 2.75) is 37.1 Å².